The van der Waals surface area contributed by atoms with Crippen molar-refractivity contribution in [1.82, 2.24) is 10.0 Å². The second-order valence-electron chi connectivity index (χ2n) is 5.34. The predicted octanol–water partition coefficient (Wildman–Crippen LogP) is 1.70. The minimum atomic E-state index is -3.48. The molecular formula is C13H22N2O3S2. The van der Waals surface area contributed by atoms with Gasteiger partial charge in [-0.25, -0.2) is 13.1 Å². The van der Waals surface area contributed by atoms with Gasteiger partial charge in [-0.05, 0) is 43.8 Å². The molecule has 114 valence electrons. The van der Waals surface area contributed by atoms with Crippen LogP contribution in [0.15, 0.2) is 15.7 Å². The molecule has 0 saturated carbocycles. The van der Waals surface area contributed by atoms with E-state index in [-0.39, 0.29) is 6.10 Å². The quantitative estimate of drug-likeness (QED) is 0.838. The number of rotatable bonds is 6. The molecule has 0 radical (unpaired) electrons. The van der Waals surface area contributed by atoms with Gasteiger partial charge in [0.25, 0.3) is 10.0 Å². The number of hydrogen-bond acceptors (Lipinski definition) is 5. The van der Waals surface area contributed by atoms with Crippen LogP contribution in [-0.2, 0) is 21.3 Å². The second-order valence-corrected chi connectivity index (χ2v) is 8.16. The Labute approximate surface area is 124 Å². The van der Waals surface area contributed by atoms with Gasteiger partial charge in [0.2, 0.25) is 0 Å². The summed E-state index contributed by atoms with van der Waals surface area (Å²) in [6.07, 6.45) is 0.585. The Morgan fingerprint density at radius 2 is 2.30 bits per heavy atom. The molecule has 2 unspecified atom stereocenters. The standard InChI is InChI=1S/C13H22N2O3S2/c1-4-14-8-11-7-12(19-9-11)20(16,17)15-13(3)5-6-18-10(13)2/h7,9-10,14-15H,4-6,8H2,1-3H3. The molecule has 5 nitrogen and oxygen atoms in total. The van der Waals surface area contributed by atoms with Crippen molar-refractivity contribution in [2.75, 3.05) is 13.2 Å². The van der Waals surface area contributed by atoms with Gasteiger partial charge >= 0.3 is 0 Å². The van der Waals surface area contributed by atoms with E-state index in [2.05, 4.69) is 10.0 Å². The molecule has 20 heavy (non-hydrogen) atoms. The first-order valence-corrected chi connectivity index (χ1v) is 9.17. The van der Waals surface area contributed by atoms with Crippen LogP contribution in [0.4, 0.5) is 0 Å². The first kappa shape index (κ1) is 15.9. The minimum Gasteiger partial charge on any atom is -0.376 e. The van der Waals surface area contributed by atoms with Crippen LogP contribution in [0.25, 0.3) is 0 Å². The predicted molar refractivity (Wildman–Crippen MR) is 80.5 cm³/mol. The molecule has 1 saturated heterocycles. The van der Waals surface area contributed by atoms with Gasteiger partial charge in [-0.15, -0.1) is 11.3 Å². The van der Waals surface area contributed by atoms with Gasteiger partial charge in [0.1, 0.15) is 4.21 Å². The monoisotopic (exact) mass is 318 g/mol. The van der Waals surface area contributed by atoms with Crippen LogP contribution in [0.3, 0.4) is 0 Å². The zero-order chi connectivity index (χ0) is 14.8. The molecule has 0 aromatic carbocycles. The lowest BCUT2D eigenvalue weighted by atomic mass is 9.97. The third-order valence-corrected chi connectivity index (χ3v) is 6.83. The Kier molecular flexibility index (Phi) is 4.86. The van der Waals surface area contributed by atoms with Crippen LogP contribution in [-0.4, -0.2) is 33.2 Å². The molecule has 0 bridgehead atoms. The highest BCUT2D eigenvalue weighted by molar-refractivity contribution is 7.91. The highest BCUT2D eigenvalue weighted by Crippen LogP contribution is 2.29. The lowest BCUT2D eigenvalue weighted by molar-refractivity contribution is 0.0957. The summed E-state index contributed by atoms with van der Waals surface area (Å²) in [4.78, 5) is 0. The smallest absolute Gasteiger partial charge is 0.250 e. The van der Waals surface area contributed by atoms with E-state index >= 15 is 0 Å². The normalized spacial score (nSPS) is 27.1. The van der Waals surface area contributed by atoms with Gasteiger partial charge in [0, 0.05) is 13.2 Å². The van der Waals surface area contributed by atoms with E-state index in [0.717, 1.165) is 12.1 Å². The van der Waals surface area contributed by atoms with E-state index in [1.807, 2.05) is 26.2 Å². The summed E-state index contributed by atoms with van der Waals surface area (Å²) in [6.45, 7) is 7.97. The largest absolute Gasteiger partial charge is 0.376 e. The first-order chi connectivity index (χ1) is 9.37. The van der Waals surface area contributed by atoms with E-state index < -0.39 is 15.6 Å². The molecule has 2 rings (SSSR count). The first-order valence-electron chi connectivity index (χ1n) is 6.81. The fourth-order valence-electron chi connectivity index (χ4n) is 2.18. The summed E-state index contributed by atoms with van der Waals surface area (Å²) in [6, 6.07) is 1.74. The van der Waals surface area contributed by atoms with E-state index in [4.69, 9.17) is 4.74 Å². The number of ether oxygens (including phenoxy) is 1. The van der Waals surface area contributed by atoms with Crippen LogP contribution in [0.2, 0.25) is 0 Å². The average Bonchev–Trinajstić information content (AvgIpc) is 2.95. The number of nitrogens with one attached hydrogen (secondary N) is 2. The van der Waals surface area contributed by atoms with Gasteiger partial charge < -0.3 is 10.1 Å². The van der Waals surface area contributed by atoms with Gasteiger partial charge in [-0.1, -0.05) is 6.92 Å². The topological polar surface area (TPSA) is 67.4 Å². The van der Waals surface area contributed by atoms with Gasteiger partial charge in [0.05, 0.1) is 11.6 Å². The van der Waals surface area contributed by atoms with E-state index in [0.29, 0.717) is 23.8 Å². The van der Waals surface area contributed by atoms with Crippen molar-refractivity contribution in [3.05, 3.63) is 17.0 Å². The maximum Gasteiger partial charge on any atom is 0.250 e. The van der Waals surface area contributed by atoms with Crippen molar-refractivity contribution in [3.63, 3.8) is 0 Å². The molecule has 2 N–H and O–H groups in total. The van der Waals surface area contributed by atoms with Crippen molar-refractivity contribution >= 4 is 21.4 Å². The lowest BCUT2D eigenvalue weighted by Gasteiger charge is -2.28. The zero-order valence-corrected chi connectivity index (χ0v) is 13.7. The van der Waals surface area contributed by atoms with Crippen molar-refractivity contribution < 1.29 is 13.2 Å². The highest BCUT2D eigenvalue weighted by atomic mass is 32.2. The van der Waals surface area contributed by atoms with E-state index in [9.17, 15) is 8.42 Å². The fourth-order valence-corrected chi connectivity index (χ4v) is 4.89. The molecular weight excluding hydrogens is 296 g/mol. The number of sulfonamides is 1. The van der Waals surface area contributed by atoms with Crippen molar-refractivity contribution in [2.24, 2.45) is 0 Å². The average molecular weight is 318 g/mol. The van der Waals surface area contributed by atoms with Crippen molar-refractivity contribution in [2.45, 2.75) is 49.6 Å². The Morgan fingerprint density at radius 3 is 2.90 bits per heavy atom. The third-order valence-electron chi connectivity index (χ3n) is 3.73. The fraction of sp³-hybridized carbons (Fsp3) is 0.692. The van der Waals surface area contributed by atoms with Crippen LogP contribution in [0.5, 0.6) is 0 Å². The molecule has 7 heteroatoms. The summed E-state index contributed by atoms with van der Waals surface area (Å²) in [5.74, 6) is 0. The SMILES string of the molecule is CCNCc1csc(S(=O)(=O)NC2(C)CCOC2C)c1. The summed E-state index contributed by atoms with van der Waals surface area (Å²) >= 11 is 1.26. The Hall–Kier alpha value is -0.470. The minimum absolute atomic E-state index is 0.113. The molecule has 1 aromatic rings. The Balaban J connectivity index is 2.12. The van der Waals surface area contributed by atoms with Gasteiger partial charge in [-0.3, -0.25) is 0 Å². The molecule has 2 heterocycles. The lowest BCUT2D eigenvalue weighted by Crippen LogP contribution is -2.50. The summed E-state index contributed by atoms with van der Waals surface area (Å²) in [5, 5.41) is 5.07. The second kappa shape index (κ2) is 6.11. The summed E-state index contributed by atoms with van der Waals surface area (Å²) < 4.78 is 33.5. The summed E-state index contributed by atoms with van der Waals surface area (Å²) in [7, 11) is -3.48. The van der Waals surface area contributed by atoms with Crippen molar-refractivity contribution in [1.29, 1.82) is 0 Å². The Bertz CT molecular complexity index is 556. The van der Waals surface area contributed by atoms with Crippen LogP contribution in [0.1, 0.15) is 32.8 Å². The molecule has 0 spiro atoms. The maximum atomic E-state index is 12.4. The Morgan fingerprint density at radius 1 is 1.55 bits per heavy atom. The van der Waals surface area contributed by atoms with Crippen molar-refractivity contribution in [3.8, 4) is 0 Å². The van der Waals surface area contributed by atoms with Crippen LogP contribution >= 0.6 is 11.3 Å². The highest BCUT2D eigenvalue weighted by Gasteiger charge is 2.40. The molecule has 1 aliphatic rings. The zero-order valence-electron chi connectivity index (χ0n) is 12.1. The van der Waals surface area contributed by atoms with E-state index in [1.54, 1.807) is 6.07 Å². The summed E-state index contributed by atoms with van der Waals surface area (Å²) in [5.41, 5.74) is 0.475. The number of hydrogen-bond donors (Lipinski definition) is 2. The third kappa shape index (κ3) is 3.40. The maximum absolute atomic E-state index is 12.4. The van der Waals surface area contributed by atoms with Crippen LogP contribution < -0.4 is 10.0 Å². The molecule has 2 atom stereocenters. The van der Waals surface area contributed by atoms with E-state index in [1.165, 1.54) is 11.3 Å². The molecule has 1 fully saturated rings. The van der Waals surface area contributed by atoms with Gasteiger partial charge in [0.15, 0.2) is 0 Å². The van der Waals surface area contributed by atoms with Crippen LogP contribution in [0, 0.1) is 0 Å². The molecule has 1 aromatic heterocycles. The molecule has 0 amide bonds. The molecule has 0 aliphatic carbocycles. The van der Waals surface area contributed by atoms with Gasteiger partial charge in [-0.2, -0.15) is 0 Å². The number of thiophene rings is 1. The molecule has 1 aliphatic heterocycles.